The second-order valence-corrected chi connectivity index (χ2v) is 11.4. The maximum Gasteiger partial charge on any atom is 0.141 e. The summed E-state index contributed by atoms with van der Waals surface area (Å²) in [5.41, 5.74) is 0. The average Bonchev–Trinajstić information content (AvgIpc) is 2.87. The van der Waals surface area contributed by atoms with Gasteiger partial charge in [0.05, 0.1) is 37.6 Å². The van der Waals surface area contributed by atoms with Gasteiger partial charge in [0.2, 0.25) is 0 Å². The molecule has 0 aromatic heterocycles. The number of hydrogen-bond donors (Lipinski definition) is 2. The molecule has 0 aromatic rings. The molecule has 4 aliphatic carbocycles. The first-order chi connectivity index (χ1) is 16.5. The standard InChI is InChI=1S/C28H46O6/c29-25-17-21(11-13-23(25)27(31)19-7-3-1-4-8-19)33-15-16-34-22-12-14-24(26(30)18-22)28(32)20-9-5-2-6-10-20/h19-26,29-30H,1-18H2. The third-order valence-corrected chi connectivity index (χ3v) is 9.07. The predicted octanol–water partition coefficient (Wildman–Crippen LogP) is 4.38. The fraction of sp³-hybridized carbons (Fsp3) is 0.929. The van der Waals surface area contributed by atoms with Crippen molar-refractivity contribution in [2.45, 2.75) is 127 Å². The van der Waals surface area contributed by atoms with E-state index in [0.717, 1.165) is 64.2 Å². The number of carbonyl (C=O) groups excluding carboxylic acids is 2. The van der Waals surface area contributed by atoms with Crippen LogP contribution in [0.15, 0.2) is 0 Å². The maximum atomic E-state index is 12.8. The molecule has 0 radical (unpaired) electrons. The van der Waals surface area contributed by atoms with Crippen molar-refractivity contribution >= 4 is 11.6 Å². The zero-order valence-electron chi connectivity index (χ0n) is 20.9. The van der Waals surface area contributed by atoms with Crippen LogP contribution in [-0.4, -0.2) is 59.4 Å². The highest BCUT2D eigenvalue weighted by atomic mass is 16.5. The molecule has 0 spiro atoms. The van der Waals surface area contributed by atoms with Gasteiger partial charge in [-0.3, -0.25) is 9.59 Å². The summed E-state index contributed by atoms with van der Waals surface area (Å²) >= 11 is 0. The van der Waals surface area contributed by atoms with Gasteiger partial charge in [0.1, 0.15) is 11.6 Å². The molecule has 6 heteroatoms. The van der Waals surface area contributed by atoms with E-state index in [1.807, 2.05) is 0 Å². The molecule has 0 aliphatic heterocycles. The molecule has 6 unspecified atom stereocenters. The third-order valence-electron chi connectivity index (χ3n) is 9.07. The summed E-state index contributed by atoms with van der Waals surface area (Å²) in [6.07, 6.45) is 13.8. The van der Waals surface area contributed by atoms with Crippen LogP contribution in [0.3, 0.4) is 0 Å². The Hall–Kier alpha value is -0.820. The Morgan fingerprint density at radius 1 is 0.559 bits per heavy atom. The van der Waals surface area contributed by atoms with Crippen molar-refractivity contribution in [3.05, 3.63) is 0 Å². The van der Waals surface area contributed by atoms with Crippen molar-refractivity contribution in [1.29, 1.82) is 0 Å². The molecule has 0 saturated heterocycles. The Kier molecular flexibility index (Phi) is 9.99. The molecule has 2 N–H and O–H groups in total. The van der Waals surface area contributed by atoms with Crippen molar-refractivity contribution in [2.24, 2.45) is 23.7 Å². The zero-order chi connectivity index (χ0) is 23.9. The first-order valence-corrected chi connectivity index (χ1v) is 14.2. The van der Waals surface area contributed by atoms with E-state index in [4.69, 9.17) is 9.47 Å². The summed E-state index contributed by atoms with van der Waals surface area (Å²) in [6.45, 7) is 0.908. The minimum Gasteiger partial charge on any atom is -0.392 e. The predicted molar refractivity (Wildman–Crippen MR) is 129 cm³/mol. The SMILES string of the molecule is O=C(C1CCCCC1)C1CCC(OCCOC2CCC(C(=O)C3CCCCC3)C(O)C2)CC1O. The van der Waals surface area contributed by atoms with Gasteiger partial charge in [-0.15, -0.1) is 0 Å². The van der Waals surface area contributed by atoms with Gasteiger partial charge in [-0.05, 0) is 51.4 Å². The fourth-order valence-corrected chi connectivity index (χ4v) is 6.99. The van der Waals surface area contributed by atoms with Gasteiger partial charge in [-0.25, -0.2) is 0 Å². The highest BCUT2D eigenvalue weighted by Gasteiger charge is 2.39. The number of aliphatic hydroxyl groups is 2. The Bertz CT molecular complexity index is 597. The van der Waals surface area contributed by atoms with E-state index in [1.54, 1.807) is 0 Å². The molecule has 4 fully saturated rings. The van der Waals surface area contributed by atoms with Gasteiger partial charge in [-0.2, -0.15) is 0 Å². The minimum absolute atomic E-state index is 0.0246. The number of rotatable bonds is 9. The average molecular weight is 479 g/mol. The van der Waals surface area contributed by atoms with Crippen molar-refractivity contribution < 1.29 is 29.3 Å². The van der Waals surface area contributed by atoms with E-state index in [0.29, 0.717) is 38.9 Å². The van der Waals surface area contributed by atoms with Crippen LogP contribution in [0.25, 0.3) is 0 Å². The van der Waals surface area contributed by atoms with E-state index in [9.17, 15) is 19.8 Å². The summed E-state index contributed by atoms with van der Waals surface area (Å²) < 4.78 is 11.9. The molecule has 0 amide bonds. The lowest BCUT2D eigenvalue weighted by Gasteiger charge is -2.35. The summed E-state index contributed by atoms with van der Waals surface area (Å²) in [5, 5.41) is 21.2. The molecule has 4 saturated carbocycles. The fourth-order valence-electron chi connectivity index (χ4n) is 6.99. The molecule has 0 bridgehead atoms. The summed E-state index contributed by atoms with van der Waals surface area (Å²) in [5.74, 6) is 0.444. The van der Waals surface area contributed by atoms with E-state index in [2.05, 4.69) is 0 Å². The second-order valence-electron chi connectivity index (χ2n) is 11.4. The molecule has 0 heterocycles. The normalized spacial score (nSPS) is 36.3. The molecular formula is C28H46O6. The Morgan fingerprint density at radius 3 is 1.29 bits per heavy atom. The molecule has 4 aliphatic rings. The van der Waals surface area contributed by atoms with Crippen LogP contribution in [0.2, 0.25) is 0 Å². The zero-order valence-corrected chi connectivity index (χ0v) is 20.9. The van der Waals surface area contributed by atoms with Gasteiger partial charge >= 0.3 is 0 Å². The molecular weight excluding hydrogens is 432 g/mol. The van der Waals surface area contributed by atoms with Crippen LogP contribution < -0.4 is 0 Å². The number of aliphatic hydroxyl groups excluding tert-OH is 2. The monoisotopic (exact) mass is 478 g/mol. The molecule has 6 atom stereocenters. The number of Topliss-reactive ketones (excluding diaryl/α,β-unsaturated/α-hetero) is 2. The topological polar surface area (TPSA) is 93.1 Å². The quantitative estimate of drug-likeness (QED) is 0.478. The van der Waals surface area contributed by atoms with Crippen LogP contribution >= 0.6 is 0 Å². The summed E-state index contributed by atoms with van der Waals surface area (Å²) in [7, 11) is 0. The second kappa shape index (κ2) is 12.9. The smallest absolute Gasteiger partial charge is 0.141 e. The number of carbonyl (C=O) groups is 2. The minimum atomic E-state index is -0.596. The molecule has 194 valence electrons. The van der Waals surface area contributed by atoms with Gasteiger partial charge in [0.15, 0.2) is 0 Å². The lowest BCUT2D eigenvalue weighted by Crippen LogP contribution is -2.41. The van der Waals surface area contributed by atoms with E-state index >= 15 is 0 Å². The van der Waals surface area contributed by atoms with Crippen molar-refractivity contribution in [3.8, 4) is 0 Å². The lowest BCUT2D eigenvalue weighted by molar-refractivity contribution is -0.139. The Morgan fingerprint density at radius 2 is 0.941 bits per heavy atom. The van der Waals surface area contributed by atoms with Crippen molar-refractivity contribution in [2.75, 3.05) is 13.2 Å². The molecule has 0 aromatic carbocycles. The summed E-state index contributed by atoms with van der Waals surface area (Å²) in [4.78, 5) is 25.6. The Balaban J connectivity index is 1.11. The largest absolute Gasteiger partial charge is 0.392 e. The highest BCUT2D eigenvalue weighted by molar-refractivity contribution is 5.84. The van der Waals surface area contributed by atoms with Crippen LogP contribution in [-0.2, 0) is 19.1 Å². The molecule has 34 heavy (non-hydrogen) atoms. The van der Waals surface area contributed by atoms with Crippen molar-refractivity contribution in [1.82, 2.24) is 0 Å². The number of ether oxygens (including phenoxy) is 2. The Labute approximate surface area is 205 Å². The van der Waals surface area contributed by atoms with Crippen LogP contribution in [0.5, 0.6) is 0 Å². The van der Waals surface area contributed by atoms with Crippen LogP contribution in [0.4, 0.5) is 0 Å². The highest BCUT2D eigenvalue weighted by Crippen LogP contribution is 2.35. The molecule has 6 nitrogen and oxygen atoms in total. The first kappa shape index (κ1) is 26.2. The third kappa shape index (κ3) is 6.89. The number of hydrogen-bond acceptors (Lipinski definition) is 6. The van der Waals surface area contributed by atoms with Crippen LogP contribution in [0.1, 0.15) is 103 Å². The summed E-state index contributed by atoms with van der Waals surface area (Å²) in [6, 6.07) is 0. The van der Waals surface area contributed by atoms with E-state index in [-0.39, 0.29) is 47.4 Å². The van der Waals surface area contributed by atoms with Gasteiger partial charge in [0, 0.05) is 36.5 Å². The molecule has 4 rings (SSSR count). The van der Waals surface area contributed by atoms with E-state index in [1.165, 1.54) is 12.8 Å². The number of ketones is 2. The van der Waals surface area contributed by atoms with Gasteiger partial charge in [-0.1, -0.05) is 38.5 Å². The maximum absolute atomic E-state index is 12.8. The van der Waals surface area contributed by atoms with Crippen LogP contribution in [0, 0.1) is 23.7 Å². The first-order valence-electron chi connectivity index (χ1n) is 14.2. The van der Waals surface area contributed by atoms with Crippen molar-refractivity contribution in [3.63, 3.8) is 0 Å². The lowest BCUT2D eigenvalue weighted by atomic mass is 9.74. The van der Waals surface area contributed by atoms with E-state index < -0.39 is 12.2 Å². The van der Waals surface area contributed by atoms with Gasteiger partial charge in [0.25, 0.3) is 0 Å². The van der Waals surface area contributed by atoms with Gasteiger partial charge < -0.3 is 19.7 Å².